The first kappa shape index (κ1) is 11.5. The monoisotopic (exact) mass is 252 g/mol. The summed E-state index contributed by atoms with van der Waals surface area (Å²) in [6.07, 6.45) is 1.16. The van der Waals surface area contributed by atoms with E-state index in [2.05, 4.69) is 4.98 Å². The van der Waals surface area contributed by atoms with E-state index in [9.17, 15) is 18.5 Å². The van der Waals surface area contributed by atoms with Crippen LogP contribution < -0.4 is 0 Å². The third kappa shape index (κ3) is 2.56. The van der Waals surface area contributed by atoms with E-state index < -0.39 is 15.6 Å². The van der Waals surface area contributed by atoms with Gasteiger partial charge < -0.3 is 0 Å². The van der Waals surface area contributed by atoms with Crippen LogP contribution in [0.1, 0.15) is 5.56 Å². The first-order valence-electron chi connectivity index (χ1n) is 4.71. The summed E-state index contributed by atoms with van der Waals surface area (Å²) in [5.74, 6) is -0.0516. The van der Waals surface area contributed by atoms with Gasteiger partial charge in [0.1, 0.15) is 16.9 Å². The van der Waals surface area contributed by atoms with Crippen LogP contribution in [0.3, 0.4) is 0 Å². The SMILES string of the molecule is O=[N+]([O-])c1cnc2cc(C[SH](=O)=O)ccc2c1. The highest BCUT2D eigenvalue weighted by atomic mass is 32.2. The lowest BCUT2D eigenvalue weighted by molar-refractivity contribution is -0.385. The van der Waals surface area contributed by atoms with Gasteiger partial charge in [0.15, 0.2) is 0 Å². The highest BCUT2D eigenvalue weighted by Gasteiger charge is 2.07. The molecule has 88 valence electrons. The summed E-state index contributed by atoms with van der Waals surface area (Å²) < 4.78 is 21.2. The molecule has 6 nitrogen and oxygen atoms in total. The molecule has 0 N–H and O–H groups in total. The van der Waals surface area contributed by atoms with Crippen molar-refractivity contribution in [1.82, 2.24) is 4.98 Å². The molecular formula is C10H8N2O4S. The smallest absolute Gasteiger partial charge is 0.258 e. The van der Waals surface area contributed by atoms with Crippen molar-refractivity contribution in [3.05, 3.63) is 46.1 Å². The zero-order valence-electron chi connectivity index (χ0n) is 8.57. The molecule has 0 bridgehead atoms. The fourth-order valence-corrected chi connectivity index (χ4v) is 2.00. The Morgan fingerprint density at radius 3 is 2.71 bits per heavy atom. The summed E-state index contributed by atoms with van der Waals surface area (Å²) in [6, 6.07) is 6.27. The molecule has 0 aliphatic heterocycles. The van der Waals surface area contributed by atoms with Gasteiger partial charge >= 0.3 is 0 Å². The van der Waals surface area contributed by atoms with E-state index >= 15 is 0 Å². The maximum atomic E-state index is 10.6. The molecule has 2 aromatic rings. The fraction of sp³-hybridized carbons (Fsp3) is 0.100. The van der Waals surface area contributed by atoms with Crippen LogP contribution in [0.2, 0.25) is 0 Å². The van der Waals surface area contributed by atoms with Gasteiger partial charge in [0.2, 0.25) is 0 Å². The summed E-state index contributed by atoms with van der Waals surface area (Å²) in [5.41, 5.74) is 1.08. The van der Waals surface area contributed by atoms with Gasteiger partial charge in [0, 0.05) is 11.5 Å². The highest BCUT2D eigenvalue weighted by molar-refractivity contribution is 7.71. The van der Waals surface area contributed by atoms with Crippen LogP contribution >= 0.6 is 0 Å². The Kier molecular flexibility index (Phi) is 3.01. The van der Waals surface area contributed by atoms with E-state index in [0.29, 0.717) is 16.5 Å². The van der Waals surface area contributed by atoms with Crippen molar-refractivity contribution in [3.8, 4) is 0 Å². The summed E-state index contributed by atoms with van der Waals surface area (Å²) in [6.45, 7) is 0. The minimum atomic E-state index is -2.48. The van der Waals surface area contributed by atoms with Crippen molar-refractivity contribution in [1.29, 1.82) is 0 Å². The predicted octanol–water partition coefficient (Wildman–Crippen LogP) is 1.25. The van der Waals surface area contributed by atoms with Crippen LogP contribution in [0.15, 0.2) is 30.5 Å². The topological polar surface area (TPSA) is 90.2 Å². The summed E-state index contributed by atoms with van der Waals surface area (Å²) in [7, 11) is -2.48. The Morgan fingerprint density at radius 2 is 2.06 bits per heavy atom. The molecule has 0 radical (unpaired) electrons. The van der Waals surface area contributed by atoms with Gasteiger partial charge in [-0.15, -0.1) is 0 Å². The van der Waals surface area contributed by atoms with Gasteiger partial charge in [-0.05, 0) is 11.6 Å². The van der Waals surface area contributed by atoms with E-state index in [-0.39, 0.29) is 11.4 Å². The van der Waals surface area contributed by atoms with Gasteiger partial charge in [0.25, 0.3) is 5.69 Å². The van der Waals surface area contributed by atoms with Crippen LogP contribution in [0, 0.1) is 10.1 Å². The number of hydrogen-bond acceptors (Lipinski definition) is 5. The second-order valence-electron chi connectivity index (χ2n) is 3.47. The lowest BCUT2D eigenvalue weighted by Crippen LogP contribution is -1.91. The molecule has 1 heterocycles. The average Bonchev–Trinajstić information content (AvgIpc) is 2.27. The van der Waals surface area contributed by atoms with E-state index in [0.717, 1.165) is 6.20 Å². The molecule has 0 aliphatic rings. The van der Waals surface area contributed by atoms with Crippen molar-refractivity contribution in [2.75, 3.05) is 0 Å². The molecule has 0 unspecified atom stereocenters. The maximum absolute atomic E-state index is 10.6. The Morgan fingerprint density at radius 1 is 1.29 bits per heavy atom. The molecule has 0 atom stereocenters. The van der Waals surface area contributed by atoms with Gasteiger partial charge in [-0.1, -0.05) is 12.1 Å². The quantitative estimate of drug-likeness (QED) is 0.504. The lowest BCUT2D eigenvalue weighted by atomic mass is 10.1. The van der Waals surface area contributed by atoms with Gasteiger partial charge in [-0.3, -0.25) is 10.1 Å². The molecule has 0 spiro atoms. The first-order chi connectivity index (χ1) is 8.06. The number of hydrogen-bond donors (Lipinski definition) is 1. The third-order valence-corrected chi connectivity index (χ3v) is 2.88. The number of nitro groups is 1. The van der Waals surface area contributed by atoms with Crippen LogP contribution in [0.5, 0.6) is 0 Å². The number of benzene rings is 1. The number of rotatable bonds is 3. The van der Waals surface area contributed by atoms with Crippen molar-refractivity contribution >= 4 is 27.3 Å². The van der Waals surface area contributed by atoms with E-state index in [1.165, 1.54) is 6.07 Å². The van der Waals surface area contributed by atoms with Gasteiger partial charge in [0.05, 0.1) is 16.2 Å². The van der Waals surface area contributed by atoms with E-state index in [4.69, 9.17) is 0 Å². The van der Waals surface area contributed by atoms with Crippen molar-refractivity contribution in [2.45, 2.75) is 5.75 Å². The number of nitrogens with zero attached hydrogens (tertiary/aromatic N) is 2. The second-order valence-corrected chi connectivity index (χ2v) is 4.45. The molecule has 0 saturated carbocycles. The lowest BCUT2D eigenvalue weighted by Gasteiger charge is -1.99. The molecule has 7 heteroatoms. The minimum Gasteiger partial charge on any atom is -0.258 e. The number of thiol groups is 1. The van der Waals surface area contributed by atoms with Crippen molar-refractivity contribution in [2.24, 2.45) is 0 Å². The largest absolute Gasteiger partial charge is 0.288 e. The normalized spacial score (nSPS) is 10.9. The molecule has 1 aromatic carbocycles. The summed E-state index contributed by atoms with van der Waals surface area (Å²) in [5, 5.41) is 11.2. The Bertz CT molecular complexity index is 658. The third-order valence-electron chi connectivity index (χ3n) is 2.26. The Labute approximate surface area is 98.0 Å². The summed E-state index contributed by atoms with van der Waals surface area (Å²) in [4.78, 5) is 14.0. The molecule has 0 amide bonds. The zero-order chi connectivity index (χ0) is 12.4. The minimum absolute atomic E-state index is 0.0516. The molecule has 1 aromatic heterocycles. The number of pyridine rings is 1. The van der Waals surface area contributed by atoms with Crippen LogP contribution in [0.4, 0.5) is 5.69 Å². The summed E-state index contributed by atoms with van der Waals surface area (Å²) >= 11 is 0. The Hall–Kier alpha value is -2.02. The standard InChI is InChI=1S/C10H8N2O4S/c13-12(14)9-4-8-2-1-7(6-17(15)16)3-10(8)11-5-9/h1-5,17H,6H2. The zero-order valence-corrected chi connectivity index (χ0v) is 9.46. The first-order valence-corrected chi connectivity index (χ1v) is 6.07. The predicted molar refractivity (Wildman–Crippen MR) is 62.4 cm³/mol. The average molecular weight is 252 g/mol. The molecular weight excluding hydrogens is 244 g/mol. The van der Waals surface area contributed by atoms with E-state index in [1.807, 2.05) is 0 Å². The van der Waals surface area contributed by atoms with Crippen molar-refractivity contribution in [3.63, 3.8) is 0 Å². The number of aromatic nitrogens is 1. The molecule has 0 fully saturated rings. The van der Waals surface area contributed by atoms with E-state index in [1.54, 1.807) is 18.2 Å². The number of fused-ring (bicyclic) bond motifs is 1. The Balaban J connectivity index is 2.50. The molecule has 17 heavy (non-hydrogen) atoms. The maximum Gasteiger partial charge on any atom is 0.288 e. The van der Waals surface area contributed by atoms with Crippen molar-refractivity contribution < 1.29 is 13.3 Å². The van der Waals surface area contributed by atoms with Gasteiger partial charge in [-0.25, -0.2) is 13.4 Å². The second kappa shape index (κ2) is 4.46. The van der Waals surface area contributed by atoms with Crippen LogP contribution in [0.25, 0.3) is 10.9 Å². The molecule has 0 aliphatic carbocycles. The highest BCUT2D eigenvalue weighted by Crippen LogP contribution is 2.19. The van der Waals surface area contributed by atoms with Crippen LogP contribution in [-0.4, -0.2) is 18.3 Å². The van der Waals surface area contributed by atoms with Gasteiger partial charge in [-0.2, -0.15) is 0 Å². The molecule has 2 rings (SSSR count). The molecule has 0 saturated heterocycles. The van der Waals surface area contributed by atoms with Crippen LogP contribution in [-0.2, 0) is 16.5 Å². The fourth-order valence-electron chi connectivity index (χ4n) is 1.50.